The Morgan fingerprint density at radius 3 is 2.35 bits per heavy atom. The van der Waals surface area contributed by atoms with E-state index in [0.717, 1.165) is 34.6 Å². The summed E-state index contributed by atoms with van der Waals surface area (Å²) in [6.45, 7) is 4.58. The number of carboxylic acid groups (broad SMARTS) is 1. The van der Waals surface area contributed by atoms with Gasteiger partial charge in [0.2, 0.25) is 0 Å². The first-order valence-corrected chi connectivity index (χ1v) is 12.4. The van der Waals surface area contributed by atoms with Gasteiger partial charge in [-0.2, -0.15) is 10.2 Å². The van der Waals surface area contributed by atoms with Gasteiger partial charge in [-0.05, 0) is 49.6 Å². The molecular formula is C28H34N4O2. The lowest BCUT2D eigenvalue weighted by atomic mass is 10.0. The van der Waals surface area contributed by atoms with Crippen LogP contribution in [0.3, 0.4) is 0 Å². The first kappa shape index (κ1) is 23.7. The van der Waals surface area contributed by atoms with Crippen molar-refractivity contribution >= 4 is 11.5 Å². The third-order valence-corrected chi connectivity index (χ3v) is 6.40. The molecule has 0 bridgehead atoms. The van der Waals surface area contributed by atoms with E-state index < -0.39 is 5.97 Å². The number of hydrogen-bond donors (Lipinski definition) is 1. The van der Waals surface area contributed by atoms with Gasteiger partial charge in [-0.3, -0.25) is 4.68 Å². The fourth-order valence-corrected chi connectivity index (χ4v) is 4.39. The van der Waals surface area contributed by atoms with Crippen molar-refractivity contribution in [2.75, 3.05) is 0 Å². The van der Waals surface area contributed by atoms with Crippen LogP contribution in [0.25, 0.3) is 16.8 Å². The normalized spacial score (nSPS) is 11.4. The van der Waals surface area contributed by atoms with Gasteiger partial charge in [0.05, 0.1) is 23.4 Å². The first-order valence-electron chi connectivity index (χ1n) is 12.4. The number of aromatic nitrogens is 4. The molecule has 3 aromatic heterocycles. The van der Waals surface area contributed by atoms with Gasteiger partial charge >= 0.3 is 5.97 Å². The third-order valence-electron chi connectivity index (χ3n) is 6.40. The lowest BCUT2D eigenvalue weighted by molar-refractivity contribution is 0.0689. The molecule has 34 heavy (non-hydrogen) atoms. The molecule has 178 valence electrons. The number of rotatable bonds is 12. The summed E-state index contributed by atoms with van der Waals surface area (Å²) in [5.74, 6) is -1.02. The minimum absolute atomic E-state index is 0.0578. The van der Waals surface area contributed by atoms with Gasteiger partial charge in [-0.25, -0.2) is 9.31 Å². The van der Waals surface area contributed by atoms with E-state index in [9.17, 15) is 9.90 Å². The van der Waals surface area contributed by atoms with Crippen molar-refractivity contribution in [2.45, 2.75) is 71.8 Å². The first-order chi connectivity index (χ1) is 16.5. The van der Waals surface area contributed by atoms with E-state index in [1.807, 2.05) is 29.6 Å². The molecule has 3 heterocycles. The predicted molar refractivity (Wildman–Crippen MR) is 135 cm³/mol. The van der Waals surface area contributed by atoms with Crippen LogP contribution in [0.1, 0.15) is 79.3 Å². The SMILES string of the molecule is CCCCCCCCCc1ccc(-c2cc3cccc(Cn4nc(C(=O)O)cc4C)n3n2)cc1. The minimum Gasteiger partial charge on any atom is -0.476 e. The number of aromatic carboxylic acids is 1. The molecule has 0 spiro atoms. The molecular weight excluding hydrogens is 424 g/mol. The average Bonchev–Trinajstić information content (AvgIpc) is 3.43. The molecule has 0 amide bonds. The van der Waals surface area contributed by atoms with Gasteiger partial charge in [0.25, 0.3) is 0 Å². The fourth-order valence-electron chi connectivity index (χ4n) is 4.39. The standard InChI is InChI=1S/C28H34N4O2/c1-3-4-5-6-7-8-9-11-22-14-16-23(17-15-22)26-19-24-12-10-13-25(32(24)30-26)20-31-21(2)18-27(29-31)28(33)34/h10,12-19H,3-9,11,20H2,1-2H3,(H,33,34). The Bertz CT molecular complexity index is 1240. The molecule has 0 saturated carbocycles. The highest BCUT2D eigenvalue weighted by molar-refractivity contribution is 5.85. The van der Waals surface area contributed by atoms with Crippen LogP contribution in [0.2, 0.25) is 0 Å². The zero-order chi connectivity index (χ0) is 23.9. The molecule has 0 aliphatic heterocycles. The van der Waals surface area contributed by atoms with E-state index in [0.29, 0.717) is 6.54 Å². The van der Waals surface area contributed by atoms with Gasteiger partial charge in [-0.1, -0.05) is 75.8 Å². The molecule has 1 N–H and O–H groups in total. The quantitative estimate of drug-likeness (QED) is 0.244. The highest BCUT2D eigenvalue weighted by atomic mass is 16.4. The second kappa shape index (κ2) is 11.1. The average molecular weight is 459 g/mol. The van der Waals surface area contributed by atoms with Crippen LogP contribution in [-0.4, -0.2) is 30.5 Å². The van der Waals surface area contributed by atoms with Gasteiger partial charge in [0, 0.05) is 11.3 Å². The minimum atomic E-state index is -1.02. The van der Waals surface area contributed by atoms with Crippen LogP contribution in [0.15, 0.2) is 54.6 Å². The van der Waals surface area contributed by atoms with Crippen molar-refractivity contribution in [1.29, 1.82) is 0 Å². The number of nitrogens with zero attached hydrogens (tertiary/aromatic N) is 4. The topological polar surface area (TPSA) is 72.4 Å². The van der Waals surface area contributed by atoms with E-state index in [4.69, 9.17) is 5.10 Å². The van der Waals surface area contributed by atoms with Crippen molar-refractivity contribution < 1.29 is 9.90 Å². The van der Waals surface area contributed by atoms with Crippen LogP contribution in [0.4, 0.5) is 0 Å². The fraction of sp³-hybridized carbons (Fsp3) is 0.393. The Hall–Kier alpha value is -3.41. The number of pyridine rings is 1. The number of fused-ring (bicyclic) bond motifs is 1. The summed E-state index contributed by atoms with van der Waals surface area (Å²) in [4.78, 5) is 11.2. The Kier molecular flexibility index (Phi) is 7.78. The molecule has 4 rings (SSSR count). The van der Waals surface area contributed by atoms with Gasteiger partial charge in [-0.15, -0.1) is 0 Å². The highest BCUT2D eigenvalue weighted by Crippen LogP contribution is 2.22. The zero-order valence-corrected chi connectivity index (χ0v) is 20.2. The summed E-state index contributed by atoms with van der Waals surface area (Å²) in [5.41, 5.74) is 6.22. The Balaban J connectivity index is 1.42. The molecule has 1 aromatic carbocycles. The molecule has 4 aromatic rings. The molecule has 6 nitrogen and oxygen atoms in total. The molecule has 0 atom stereocenters. The summed E-state index contributed by atoms with van der Waals surface area (Å²) in [6.07, 6.45) is 10.4. The molecule has 0 saturated heterocycles. The van der Waals surface area contributed by atoms with Crippen LogP contribution < -0.4 is 0 Å². The number of carboxylic acids is 1. The van der Waals surface area contributed by atoms with Crippen LogP contribution in [-0.2, 0) is 13.0 Å². The van der Waals surface area contributed by atoms with Crippen LogP contribution >= 0.6 is 0 Å². The van der Waals surface area contributed by atoms with Gasteiger partial charge in [0.15, 0.2) is 5.69 Å². The van der Waals surface area contributed by atoms with Gasteiger partial charge in [0.1, 0.15) is 0 Å². The second-order valence-electron chi connectivity index (χ2n) is 9.09. The summed E-state index contributed by atoms with van der Waals surface area (Å²) < 4.78 is 3.63. The smallest absolute Gasteiger partial charge is 0.356 e. The summed E-state index contributed by atoms with van der Waals surface area (Å²) in [6, 6.07) is 18.5. The Morgan fingerprint density at radius 2 is 1.65 bits per heavy atom. The van der Waals surface area contributed by atoms with E-state index in [-0.39, 0.29) is 5.69 Å². The van der Waals surface area contributed by atoms with E-state index in [1.165, 1.54) is 50.5 Å². The van der Waals surface area contributed by atoms with Crippen molar-refractivity contribution in [3.63, 3.8) is 0 Å². The van der Waals surface area contributed by atoms with Crippen molar-refractivity contribution in [3.8, 4) is 11.3 Å². The number of unbranched alkanes of at least 4 members (excludes halogenated alkanes) is 6. The second-order valence-corrected chi connectivity index (χ2v) is 9.09. The maximum Gasteiger partial charge on any atom is 0.356 e. The number of hydrogen-bond acceptors (Lipinski definition) is 3. The van der Waals surface area contributed by atoms with E-state index >= 15 is 0 Å². The Morgan fingerprint density at radius 1 is 0.912 bits per heavy atom. The lowest BCUT2D eigenvalue weighted by Crippen LogP contribution is -2.09. The number of carbonyl (C=O) groups is 1. The molecule has 0 aliphatic carbocycles. The molecule has 6 heteroatoms. The molecule has 0 aliphatic rings. The summed E-state index contributed by atoms with van der Waals surface area (Å²) >= 11 is 0. The zero-order valence-electron chi connectivity index (χ0n) is 20.2. The molecule has 0 unspecified atom stereocenters. The monoisotopic (exact) mass is 458 g/mol. The van der Waals surface area contributed by atoms with Crippen LogP contribution in [0.5, 0.6) is 0 Å². The van der Waals surface area contributed by atoms with E-state index in [2.05, 4.69) is 42.4 Å². The third kappa shape index (κ3) is 5.74. The summed E-state index contributed by atoms with van der Waals surface area (Å²) in [7, 11) is 0. The van der Waals surface area contributed by atoms with Crippen molar-refractivity contribution in [1.82, 2.24) is 19.4 Å². The maximum atomic E-state index is 11.2. The predicted octanol–water partition coefficient (Wildman–Crippen LogP) is 6.55. The van der Waals surface area contributed by atoms with Gasteiger partial charge < -0.3 is 5.11 Å². The maximum absolute atomic E-state index is 11.2. The van der Waals surface area contributed by atoms with Crippen LogP contribution in [0, 0.1) is 6.92 Å². The largest absolute Gasteiger partial charge is 0.476 e. The van der Waals surface area contributed by atoms with Crippen molar-refractivity contribution in [2.24, 2.45) is 0 Å². The number of aryl methyl sites for hydroxylation is 2. The molecule has 0 radical (unpaired) electrons. The highest BCUT2D eigenvalue weighted by Gasteiger charge is 2.13. The summed E-state index contributed by atoms with van der Waals surface area (Å²) in [5, 5.41) is 18.3. The van der Waals surface area contributed by atoms with Crippen molar-refractivity contribution in [3.05, 3.63) is 77.2 Å². The van der Waals surface area contributed by atoms with E-state index in [1.54, 1.807) is 10.7 Å². The Labute approximate surface area is 201 Å². The molecule has 0 fully saturated rings. The number of benzene rings is 1. The lowest BCUT2D eigenvalue weighted by Gasteiger charge is -2.07.